The van der Waals surface area contributed by atoms with E-state index < -0.39 is 0 Å². The van der Waals surface area contributed by atoms with Crippen LogP contribution in [0.1, 0.15) is 28.3 Å². The smallest absolute Gasteiger partial charge is 0.213 e. The number of aromatic nitrogens is 1. The van der Waals surface area contributed by atoms with Crippen molar-refractivity contribution < 1.29 is 4.79 Å². The predicted molar refractivity (Wildman–Crippen MR) is 121 cm³/mol. The summed E-state index contributed by atoms with van der Waals surface area (Å²) in [5.41, 5.74) is 6.45. The zero-order valence-corrected chi connectivity index (χ0v) is 17.7. The first-order valence-electron chi connectivity index (χ1n) is 9.65. The second-order valence-electron chi connectivity index (χ2n) is 7.53. The lowest BCUT2D eigenvalue weighted by atomic mass is 9.92. The van der Waals surface area contributed by atoms with Crippen molar-refractivity contribution in [3.05, 3.63) is 83.0 Å². The van der Waals surface area contributed by atoms with Gasteiger partial charge >= 0.3 is 0 Å². The van der Waals surface area contributed by atoms with Gasteiger partial charge in [0.1, 0.15) is 5.82 Å². The summed E-state index contributed by atoms with van der Waals surface area (Å²) < 4.78 is 0. The molecule has 0 saturated heterocycles. The lowest BCUT2D eigenvalue weighted by molar-refractivity contribution is -0.107. The number of rotatable bonds is 7. The van der Waals surface area contributed by atoms with E-state index in [0.29, 0.717) is 0 Å². The second kappa shape index (κ2) is 8.78. The summed E-state index contributed by atoms with van der Waals surface area (Å²) in [6.07, 6.45) is 2.62. The lowest BCUT2D eigenvalue weighted by Gasteiger charge is -2.29. The molecule has 0 radical (unpaired) electrons. The van der Waals surface area contributed by atoms with E-state index in [2.05, 4.69) is 53.3 Å². The molecule has 150 valence electrons. The number of carbonyl (C=O) groups excluding carboxylic acids is 1. The Labute approximate surface area is 173 Å². The van der Waals surface area contributed by atoms with E-state index in [9.17, 15) is 4.79 Å². The highest BCUT2D eigenvalue weighted by molar-refractivity contribution is 5.78. The Kier molecular flexibility index (Phi) is 6.17. The molecule has 0 saturated carbocycles. The lowest BCUT2D eigenvalue weighted by Crippen LogP contribution is -2.23. The Balaban J connectivity index is 2.25. The van der Waals surface area contributed by atoms with E-state index in [1.807, 2.05) is 44.4 Å². The standard InChI is InChI=1S/C24H28N4O/c1-17-9-11-21(27(3)4)19(14-17)24(26-23-8-6-7-13-25-23)20-15-18(2)10-12-22(20)28(5)16-29/h6-16,24H,1-5H3,(H,25,26). The van der Waals surface area contributed by atoms with E-state index in [1.165, 1.54) is 5.56 Å². The van der Waals surface area contributed by atoms with Crippen LogP contribution in [0.3, 0.4) is 0 Å². The zero-order chi connectivity index (χ0) is 21.0. The summed E-state index contributed by atoms with van der Waals surface area (Å²) in [6.45, 7) is 4.16. The Morgan fingerprint density at radius 2 is 1.52 bits per heavy atom. The van der Waals surface area contributed by atoms with Gasteiger partial charge in [0.05, 0.1) is 6.04 Å². The number of benzene rings is 2. The van der Waals surface area contributed by atoms with Crippen LogP contribution in [0, 0.1) is 13.8 Å². The fourth-order valence-corrected chi connectivity index (χ4v) is 3.51. The minimum atomic E-state index is -0.181. The maximum atomic E-state index is 11.6. The van der Waals surface area contributed by atoms with E-state index in [0.717, 1.165) is 40.3 Å². The van der Waals surface area contributed by atoms with Crippen molar-refractivity contribution in [1.82, 2.24) is 4.98 Å². The summed E-state index contributed by atoms with van der Waals surface area (Å²) in [7, 11) is 5.86. The second-order valence-corrected chi connectivity index (χ2v) is 7.53. The highest BCUT2D eigenvalue weighted by Gasteiger charge is 2.23. The van der Waals surface area contributed by atoms with Crippen molar-refractivity contribution in [3.63, 3.8) is 0 Å². The minimum Gasteiger partial charge on any atom is -0.377 e. The van der Waals surface area contributed by atoms with Gasteiger partial charge in [0.2, 0.25) is 6.41 Å². The van der Waals surface area contributed by atoms with Gasteiger partial charge in [-0.2, -0.15) is 0 Å². The van der Waals surface area contributed by atoms with E-state index in [-0.39, 0.29) is 6.04 Å². The Morgan fingerprint density at radius 3 is 2.07 bits per heavy atom. The topological polar surface area (TPSA) is 48.5 Å². The van der Waals surface area contributed by atoms with Crippen LogP contribution in [-0.2, 0) is 4.79 Å². The van der Waals surface area contributed by atoms with Crippen LogP contribution < -0.4 is 15.1 Å². The number of amides is 1. The third kappa shape index (κ3) is 4.57. The average molecular weight is 389 g/mol. The van der Waals surface area contributed by atoms with Gasteiger partial charge in [-0.05, 0) is 38.1 Å². The third-order valence-corrected chi connectivity index (χ3v) is 4.97. The number of anilines is 3. The fourth-order valence-electron chi connectivity index (χ4n) is 3.51. The van der Waals surface area contributed by atoms with Crippen LogP contribution >= 0.6 is 0 Å². The number of pyridine rings is 1. The summed E-state index contributed by atoms with van der Waals surface area (Å²) in [5, 5.41) is 3.60. The number of nitrogens with zero attached hydrogens (tertiary/aromatic N) is 3. The first kappa shape index (κ1) is 20.4. The van der Waals surface area contributed by atoms with Crippen LogP contribution in [0.25, 0.3) is 0 Å². The van der Waals surface area contributed by atoms with Gasteiger partial charge in [-0.1, -0.05) is 41.5 Å². The molecule has 0 fully saturated rings. The number of aryl methyl sites for hydroxylation is 2. The van der Waals surface area contributed by atoms with Crippen molar-refractivity contribution in [1.29, 1.82) is 0 Å². The molecule has 3 aromatic rings. The molecule has 1 unspecified atom stereocenters. The number of hydrogen-bond donors (Lipinski definition) is 1. The average Bonchev–Trinajstić information content (AvgIpc) is 2.72. The molecule has 5 heteroatoms. The highest BCUT2D eigenvalue weighted by Crippen LogP contribution is 2.37. The number of nitrogens with one attached hydrogen (secondary N) is 1. The highest BCUT2D eigenvalue weighted by atomic mass is 16.1. The number of carbonyl (C=O) groups is 1. The maximum Gasteiger partial charge on any atom is 0.213 e. The Bertz CT molecular complexity index is 985. The molecule has 1 heterocycles. The van der Waals surface area contributed by atoms with E-state index >= 15 is 0 Å². The molecule has 29 heavy (non-hydrogen) atoms. The normalized spacial score (nSPS) is 11.6. The van der Waals surface area contributed by atoms with Gasteiger partial charge in [-0.25, -0.2) is 4.98 Å². The summed E-state index contributed by atoms with van der Waals surface area (Å²) in [4.78, 5) is 19.8. The quantitative estimate of drug-likeness (QED) is 0.603. The first-order chi connectivity index (χ1) is 13.9. The predicted octanol–water partition coefficient (Wildman–Crippen LogP) is 4.56. The van der Waals surface area contributed by atoms with Crippen LogP contribution in [0.5, 0.6) is 0 Å². The Morgan fingerprint density at radius 1 is 0.897 bits per heavy atom. The molecule has 1 atom stereocenters. The van der Waals surface area contributed by atoms with Gasteiger partial charge in [0, 0.05) is 49.8 Å². The van der Waals surface area contributed by atoms with Gasteiger partial charge in [-0.15, -0.1) is 0 Å². The molecule has 2 aromatic carbocycles. The van der Waals surface area contributed by atoms with E-state index in [1.54, 1.807) is 18.1 Å². The van der Waals surface area contributed by atoms with Crippen LogP contribution in [0.4, 0.5) is 17.2 Å². The third-order valence-electron chi connectivity index (χ3n) is 4.97. The summed E-state index contributed by atoms with van der Waals surface area (Å²) >= 11 is 0. The van der Waals surface area contributed by atoms with Crippen molar-refractivity contribution in [2.45, 2.75) is 19.9 Å². The molecule has 1 amide bonds. The number of hydrogen-bond acceptors (Lipinski definition) is 4. The largest absolute Gasteiger partial charge is 0.377 e. The SMILES string of the molecule is Cc1ccc(N(C)C)c(C(Nc2ccccn2)c2cc(C)ccc2N(C)C=O)c1. The van der Waals surface area contributed by atoms with Crippen LogP contribution in [0.15, 0.2) is 60.8 Å². The van der Waals surface area contributed by atoms with Gasteiger partial charge < -0.3 is 15.1 Å². The summed E-state index contributed by atoms with van der Waals surface area (Å²) in [6, 6.07) is 18.2. The molecular formula is C24H28N4O. The van der Waals surface area contributed by atoms with Gasteiger partial charge in [0.25, 0.3) is 0 Å². The molecule has 1 aromatic heterocycles. The maximum absolute atomic E-state index is 11.6. The molecule has 0 aliphatic heterocycles. The van der Waals surface area contributed by atoms with Crippen LogP contribution in [-0.4, -0.2) is 32.5 Å². The molecule has 5 nitrogen and oxygen atoms in total. The molecule has 1 N–H and O–H groups in total. The summed E-state index contributed by atoms with van der Waals surface area (Å²) in [5.74, 6) is 0.782. The van der Waals surface area contributed by atoms with Crippen molar-refractivity contribution in [2.24, 2.45) is 0 Å². The Hall–Kier alpha value is -3.34. The van der Waals surface area contributed by atoms with Crippen molar-refractivity contribution in [3.8, 4) is 0 Å². The molecular weight excluding hydrogens is 360 g/mol. The molecule has 3 rings (SSSR count). The fraction of sp³-hybridized carbons (Fsp3) is 0.250. The van der Waals surface area contributed by atoms with Gasteiger partial charge in [-0.3, -0.25) is 4.79 Å². The zero-order valence-electron chi connectivity index (χ0n) is 17.7. The molecule has 0 spiro atoms. The molecule has 0 aliphatic rings. The monoisotopic (exact) mass is 388 g/mol. The van der Waals surface area contributed by atoms with Crippen molar-refractivity contribution >= 4 is 23.6 Å². The van der Waals surface area contributed by atoms with Crippen molar-refractivity contribution in [2.75, 3.05) is 36.3 Å². The van der Waals surface area contributed by atoms with E-state index in [4.69, 9.17) is 0 Å². The molecule has 0 aliphatic carbocycles. The first-order valence-corrected chi connectivity index (χ1v) is 9.65. The molecule has 0 bridgehead atoms. The van der Waals surface area contributed by atoms with Gasteiger partial charge in [0.15, 0.2) is 0 Å². The minimum absolute atomic E-state index is 0.181. The van der Waals surface area contributed by atoms with Crippen LogP contribution in [0.2, 0.25) is 0 Å².